The zero-order valence-corrected chi connectivity index (χ0v) is 81.9. The topological polar surface area (TPSA) is 518 Å². The van der Waals surface area contributed by atoms with E-state index in [0.717, 1.165) is 36.0 Å². The third-order valence-electron chi connectivity index (χ3n) is 21.8. The highest BCUT2D eigenvalue weighted by Crippen LogP contribution is 2.45. The van der Waals surface area contributed by atoms with E-state index in [9.17, 15) is 32.4 Å². The highest BCUT2D eigenvalue weighted by atomic mass is 32.2. The van der Waals surface area contributed by atoms with Crippen molar-refractivity contribution >= 4 is 44.4 Å². The van der Waals surface area contributed by atoms with Crippen molar-refractivity contribution in [2.75, 3.05) is 221 Å². The van der Waals surface area contributed by atoms with Gasteiger partial charge in [0.1, 0.15) is 46.0 Å². The van der Waals surface area contributed by atoms with Crippen LogP contribution in [-0.2, 0) is 68.0 Å². The van der Waals surface area contributed by atoms with Crippen LogP contribution in [0.2, 0.25) is 0 Å². The highest BCUT2D eigenvalue weighted by Gasteiger charge is 2.32. The Balaban J connectivity index is 0.000000167. The van der Waals surface area contributed by atoms with E-state index in [1.54, 1.807) is 106 Å². The second-order valence-electron chi connectivity index (χ2n) is 32.8. The minimum Gasteiger partial charge on any atom is -0.508 e. The lowest BCUT2D eigenvalue weighted by molar-refractivity contribution is 0.0454. The van der Waals surface area contributed by atoms with E-state index in [1.165, 1.54) is 41.1 Å². The molecular weight excluding hydrogens is 1860 g/mol. The van der Waals surface area contributed by atoms with Crippen LogP contribution < -0.4 is 59.4 Å². The summed E-state index contributed by atoms with van der Waals surface area (Å²) < 4.78 is 131. The van der Waals surface area contributed by atoms with E-state index in [-0.39, 0.29) is 105 Å². The molecule has 4 aromatic carbocycles. The number of phenols is 2. The van der Waals surface area contributed by atoms with Crippen molar-refractivity contribution in [1.82, 2.24) is 98.9 Å². The predicted octanol–water partition coefficient (Wildman–Crippen LogP) is 8.41. The Kier molecular flexibility index (Phi) is 37.7. The lowest BCUT2D eigenvalue weighted by atomic mass is 9.98. The molecule has 16 rings (SSSR count). The number of methoxy groups -OCH3 is 6. The van der Waals surface area contributed by atoms with Gasteiger partial charge in [-0.3, -0.25) is 13.3 Å². The molecule has 4 aliphatic rings. The minimum atomic E-state index is -3.78. The largest absolute Gasteiger partial charge is 0.508 e. The van der Waals surface area contributed by atoms with Crippen LogP contribution >= 0.6 is 0 Å². The van der Waals surface area contributed by atoms with E-state index < -0.39 is 32.0 Å². The SMILES string of the molecule is C.CC(C)c1cc(-c2n[nH]c(=O)n2-c2cnc(N3CCOCC3)nc2)c(O)cc1O.COCOc1cc(OCOC)c(C(C)C)cc1-c1n[nH]c(=O)n1-c1cnc(N2CCOCC2)nc1.COCOc1cc(OCOC)c(C(C)C)cc1-c1nnc(S(C)(=O)=O)n1-c1cnc(N2CCOCC2)nc1.COCOc1cc(OCOC)c(C(C)C)cc1-c1nnc(S(C)=O)n1-c1cnc(N2CCOCC2)nc1. The van der Waals surface area contributed by atoms with Crippen LogP contribution in [0.4, 0.5) is 23.8 Å². The van der Waals surface area contributed by atoms with Gasteiger partial charge >= 0.3 is 11.4 Å². The molecule has 0 radical (unpaired) electrons. The molecule has 4 fully saturated rings. The lowest BCUT2D eigenvalue weighted by Gasteiger charge is -2.26. The summed E-state index contributed by atoms with van der Waals surface area (Å²) in [5.41, 5.74) is 6.27. The second-order valence-corrected chi connectivity index (χ2v) is 35.9. The molecule has 4 aliphatic heterocycles. The number of aromatic hydroxyl groups is 2. The fourth-order valence-electron chi connectivity index (χ4n) is 15.0. The number of H-pyrrole nitrogens is 2. The molecule has 47 nitrogen and oxygen atoms in total. The quantitative estimate of drug-likeness (QED) is 0.0268. The zero-order valence-electron chi connectivity index (χ0n) is 80.2. The van der Waals surface area contributed by atoms with Gasteiger partial charge in [-0.25, -0.2) is 77.2 Å². The summed E-state index contributed by atoms with van der Waals surface area (Å²) in [6.45, 7) is 26.8. The van der Waals surface area contributed by atoms with Gasteiger partial charge in [-0.15, -0.1) is 20.4 Å². The van der Waals surface area contributed by atoms with Gasteiger partial charge in [-0.05, 0) is 70.2 Å². The number of anilines is 4. The predicted molar refractivity (Wildman–Crippen MR) is 514 cm³/mol. The van der Waals surface area contributed by atoms with Crippen LogP contribution in [-0.4, -0.2) is 323 Å². The number of aromatic nitrogens is 20. The average molecular weight is 1980 g/mol. The molecule has 12 heterocycles. The maximum absolute atomic E-state index is 12.8. The molecular formula is C91H120N24O23S2. The number of nitrogens with one attached hydrogen (secondary N) is 2. The summed E-state index contributed by atoms with van der Waals surface area (Å²) in [6.07, 6.45) is 15.4. The summed E-state index contributed by atoms with van der Waals surface area (Å²) in [6, 6.07) is 13.8. The maximum atomic E-state index is 12.8. The number of hydrogen-bond acceptors (Lipinski definition) is 41. The molecule has 140 heavy (non-hydrogen) atoms. The van der Waals surface area contributed by atoms with E-state index >= 15 is 0 Å². The number of rotatable bonds is 36. The fourth-order valence-corrected chi connectivity index (χ4v) is 16.3. The molecule has 12 aromatic rings. The second kappa shape index (κ2) is 50.0. The van der Waals surface area contributed by atoms with Crippen LogP contribution in [0, 0.1) is 0 Å². The van der Waals surface area contributed by atoms with Gasteiger partial charge in [0.15, 0.2) is 64.1 Å². The van der Waals surface area contributed by atoms with Crippen molar-refractivity contribution in [2.45, 2.75) is 96.8 Å². The Labute approximate surface area is 811 Å². The van der Waals surface area contributed by atoms with Gasteiger partial charge in [0.25, 0.3) is 5.16 Å². The van der Waals surface area contributed by atoms with E-state index in [1.807, 2.05) is 74.4 Å². The van der Waals surface area contributed by atoms with Gasteiger partial charge in [0, 0.05) is 132 Å². The van der Waals surface area contributed by atoms with Crippen molar-refractivity contribution in [1.29, 1.82) is 0 Å². The summed E-state index contributed by atoms with van der Waals surface area (Å²) in [4.78, 5) is 69.1. The monoisotopic (exact) mass is 1980 g/mol. The standard InChI is InChI=1S/C24H32N6O7S.C24H32N6O6S.C23H30N6O6.C19H22N6O4.CH4/c1-16(2)18-10-19(21(37-15-34-4)11-20(18)36-14-33-3)22-27-28-24(38(5,31)32)30(22)17-12-25-23(26-13-17)29-6-8-35-9-7-29;1-16(2)18-10-19(21(36-15-33-4)11-20(18)35-14-32-3)22-27-28-24(37(5)31)30(22)17-12-25-23(26-13-17)29-6-8-34-9-7-29;1-15(2)17-9-18(20(35-14-32-4)10-19(17)34-13-31-3)21-26-27-23(30)29(21)16-11-24-22(25-12-16)28-5-7-33-8-6-28;1-11(2)13-7-14(16(27)8-15(13)26)17-22-23-19(28)25(17)12-9-20-18(21-10-12)24-3-5-29-6-4-24;/h10-13,16H,6-9,14-15H2,1-5H3;10-13,16H,6-9,14-15H2,1-5H3;9-12,15H,5-8,13-14H2,1-4H3,(H,27,30);7-11,26-27H,3-6H2,1-2H3,(H,23,28);1H4. The van der Waals surface area contributed by atoms with E-state index in [0.29, 0.717) is 213 Å². The Morgan fingerprint density at radius 1 is 0.364 bits per heavy atom. The molecule has 1 atom stereocenters. The van der Waals surface area contributed by atoms with Crippen molar-refractivity contribution in [3.05, 3.63) is 141 Å². The van der Waals surface area contributed by atoms with Gasteiger partial charge in [0.2, 0.25) is 38.8 Å². The van der Waals surface area contributed by atoms with Crippen molar-refractivity contribution in [2.24, 2.45) is 0 Å². The third kappa shape index (κ3) is 25.6. The first-order chi connectivity index (χ1) is 67.2. The first-order valence-corrected chi connectivity index (χ1v) is 47.8. The number of phenolic OH excluding ortho intramolecular Hbond substituents is 2. The van der Waals surface area contributed by atoms with Gasteiger partial charge < -0.3 is 106 Å². The number of hydrogen-bond donors (Lipinski definition) is 4. The summed E-state index contributed by atoms with van der Waals surface area (Å²) in [5.74, 6) is 6.67. The molecule has 0 bridgehead atoms. The molecule has 4 N–H and O–H groups in total. The molecule has 0 aliphatic carbocycles. The van der Waals surface area contributed by atoms with Crippen molar-refractivity contribution < 1.29 is 98.6 Å². The molecule has 0 amide bonds. The van der Waals surface area contributed by atoms with Crippen LogP contribution in [0.1, 0.15) is 109 Å². The van der Waals surface area contributed by atoms with Crippen LogP contribution in [0.25, 0.3) is 68.3 Å². The summed E-state index contributed by atoms with van der Waals surface area (Å²) in [7, 11) is 4.01. The third-order valence-corrected chi connectivity index (χ3v) is 23.5. The number of sulfone groups is 1. The summed E-state index contributed by atoms with van der Waals surface area (Å²) in [5, 5.41) is 50.7. The fraction of sp³-hybridized carbons (Fsp3) is 0.473. The van der Waals surface area contributed by atoms with E-state index in [4.69, 9.17) is 75.8 Å². The van der Waals surface area contributed by atoms with Gasteiger partial charge in [-0.2, -0.15) is 10.2 Å². The van der Waals surface area contributed by atoms with E-state index in [2.05, 4.69) is 99.4 Å². The Morgan fingerprint density at radius 2 is 0.636 bits per heavy atom. The maximum Gasteiger partial charge on any atom is 0.348 e. The molecule has 754 valence electrons. The Hall–Kier alpha value is -13.3. The molecule has 8 aromatic heterocycles. The van der Waals surface area contributed by atoms with Crippen LogP contribution in [0.15, 0.2) is 118 Å². The van der Waals surface area contributed by atoms with Gasteiger partial charge in [-0.1, -0.05) is 62.8 Å². The Bertz CT molecular complexity index is 6300. The number of morpholine rings is 4. The summed E-state index contributed by atoms with van der Waals surface area (Å²) >= 11 is 0. The first kappa shape index (κ1) is 106. The van der Waals surface area contributed by atoms with Crippen LogP contribution in [0.3, 0.4) is 0 Å². The normalized spacial score (nSPS) is 14.2. The number of nitrogens with zero attached hydrogens (tertiary/aromatic N) is 22. The minimum absolute atomic E-state index is 0. The number of ether oxygens (including phenoxy) is 16. The number of aromatic amines is 2. The van der Waals surface area contributed by atoms with Crippen LogP contribution in [0.5, 0.6) is 46.0 Å². The average Bonchev–Trinajstić information content (AvgIpc) is 1.59. The molecule has 0 saturated carbocycles. The zero-order chi connectivity index (χ0) is 99.0. The lowest BCUT2D eigenvalue weighted by Crippen LogP contribution is -2.37. The highest BCUT2D eigenvalue weighted by molar-refractivity contribution is 7.90. The van der Waals surface area contributed by atoms with Gasteiger partial charge in [0.05, 0.1) is 158 Å². The number of benzene rings is 4. The molecule has 4 saturated heterocycles. The van der Waals surface area contributed by atoms with Crippen molar-refractivity contribution in [3.63, 3.8) is 0 Å². The Morgan fingerprint density at radius 3 is 0.936 bits per heavy atom. The molecule has 1 unspecified atom stereocenters. The smallest absolute Gasteiger partial charge is 0.348 e. The molecule has 0 spiro atoms. The van der Waals surface area contributed by atoms with Crippen molar-refractivity contribution in [3.8, 4) is 114 Å². The first-order valence-electron chi connectivity index (χ1n) is 44.4. The molecule has 49 heteroatoms.